The largest absolute Gasteiger partial charge is 0.496 e. The number of carbonyl (C=O) groups is 1. The van der Waals surface area contributed by atoms with Crippen molar-refractivity contribution >= 4 is 17.7 Å². The zero-order valence-corrected chi connectivity index (χ0v) is 17.8. The summed E-state index contributed by atoms with van der Waals surface area (Å²) in [5, 5.41) is 16.0. The molecule has 1 aromatic heterocycles. The van der Waals surface area contributed by atoms with Crippen molar-refractivity contribution in [2.45, 2.75) is 68.0 Å². The molecule has 2 fully saturated rings. The Morgan fingerprint density at radius 2 is 2.00 bits per heavy atom. The quantitative estimate of drug-likeness (QED) is 0.665. The van der Waals surface area contributed by atoms with E-state index in [4.69, 9.17) is 4.74 Å². The minimum atomic E-state index is -0.0433. The third-order valence-electron chi connectivity index (χ3n) is 6.33. The highest BCUT2D eigenvalue weighted by Crippen LogP contribution is 2.44. The first-order valence-corrected chi connectivity index (χ1v) is 11.5. The van der Waals surface area contributed by atoms with E-state index in [9.17, 15) is 4.79 Å². The third-order valence-corrected chi connectivity index (χ3v) is 7.26. The average Bonchev–Trinajstić information content (AvgIpc) is 3.52. The van der Waals surface area contributed by atoms with E-state index in [0.717, 1.165) is 36.6 Å². The standard InChI is InChI=1S/C21H29N5O2S/c1-28-18-11-5-4-10-17(18)21(12-6-7-13-21)15-22-19(27)14-29-20-23-24-25-26(20)16-8-2-3-9-16/h4-5,10-11,16H,2-3,6-9,12-15H2,1H3,(H,22,27). The normalized spacial score (nSPS) is 18.8. The van der Waals surface area contributed by atoms with E-state index >= 15 is 0 Å². The number of amides is 1. The van der Waals surface area contributed by atoms with Gasteiger partial charge in [-0.25, -0.2) is 4.68 Å². The molecule has 0 saturated heterocycles. The number of benzene rings is 1. The number of hydrogen-bond donors (Lipinski definition) is 1. The molecular weight excluding hydrogens is 386 g/mol. The molecule has 156 valence electrons. The number of nitrogens with one attached hydrogen (secondary N) is 1. The number of tetrazole rings is 1. The van der Waals surface area contributed by atoms with E-state index in [1.807, 2.05) is 16.8 Å². The third kappa shape index (κ3) is 4.42. The van der Waals surface area contributed by atoms with Crippen LogP contribution in [0.4, 0.5) is 0 Å². The summed E-state index contributed by atoms with van der Waals surface area (Å²) in [5.41, 5.74) is 1.16. The number of hydrogen-bond acceptors (Lipinski definition) is 6. The molecule has 0 bridgehead atoms. The van der Waals surface area contributed by atoms with Gasteiger partial charge in [0.25, 0.3) is 0 Å². The first-order chi connectivity index (χ1) is 14.2. The fourth-order valence-electron chi connectivity index (χ4n) is 4.78. The molecule has 2 saturated carbocycles. The number of carbonyl (C=O) groups excluding carboxylic acids is 1. The first kappa shape index (κ1) is 20.2. The molecule has 0 radical (unpaired) electrons. The predicted octanol–water partition coefficient (Wildman–Crippen LogP) is 3.52. The van der Waals surface area contributed by atoms with Gasteiger partial charge in [-0.1, -0.05) is 55.6 Å². The summed E-state index contributed by atoms with van der Waals surface area (Å²) >= 11 is 1.42. The summed E-state index contributed by atoms with van der Waals surface area (Å²) in [6.07, 6.45) is 9.18. The monoisotopic (exact) mass is 415 g/mol. The molecule has 0 atom stereocenters. The number of aromatic nitrogens is 4. The number of rotatable bonds is 8. The second-order valence-electron chi connectivity index (χ2n) is 8.10. The number of ether oxygens (including phenoxy) is 1. The van der Waals surface area contributed by atoms with Crippen LogP contribution in [0.5, 0.6) is 5.75 Å². The molecule has 2 aliphatic carbocycles. The molecule has 0 aliphatic heterocycles. The van der Waals surface area contributed by atoms with Crippen molar-refractivity contribution in [3.63, 3.8) is 0 Å². The lowest BCUT2D eigenvalue weighted by Crippen LogP contribution is -2.40. The SMILES string of the molecule is COc1ccccc1C1(CNC(=O)CSc2nnnn2C2CCCC2)CCCC1. The molecule has 7 nitrogen and oxygen atoms in total. The molecule has 1 aromatic carbocycles. The Bertz CT molecular complexity index is 828. The Morgan fingerprint density at radius 3 is 2.76 bits per heavy atom. The summed E-state index contributed by atoms with van der Waals surface area (Å²) in [7, 11) is 1.71. The van der Waals surface area contributed by atoms with Crippen LogP contribution in [0.1, 0.15) is 63.0 Å². The van der Waals surface area contributed by atoms with Crippen molar-refractivity contribution in [3.8, 4) is 5.75 Å². The number of para-hydroxylation sites is 1. The van der Waals surface area contributed by atoms with Crippen LogP contribution in [0.25, 0.3) is 0 Å². The van der Waals surface area contributed by atoms with E-state index in [1.165, 1.54) is 43.0 Å². The van der Waals surface area contributed by atoms with E-state index in [1.54, 1.807) is 7.11 Å². The smallest absolute Gasteiger partial charge is 0.230 e. The van der Waals surface area contributed by atoms with Crippen molar-refractivity contribution < 1.29 is 9.53 Å². The van der Waals surface area contributed by atoms with Crippen LogP contribution >= 0.6 is 11.8 Å². The van der Waals surface area contributed by atoms with Gasteiger partial charge in [-0.15, -0.1) is 5.10 Å². The molecule has 0 unspecified atom stereocenters. The summed E-state index contributed by atoms with van der Waals surface area (Å²) in [4.78, 5) is 12.6. The van der Waals surface area contributed by atoms with E-state index in [-0.39, 0.29) is 11.3 Å². The Kier molecular flexibility index (Phi) is 6.37. The van der Waals surface area contributed by atoms with Crippen LogP contribution in [0.3, 0.4) is 0 Å². The van der Waals surface area contributed by atoms with E-state index < -0.39 is 0 Å². The Labute approximate surface area is 176 Å². The highest BCUT2D eigenvalue weighted by molar-refractivity contribution is 7.99. The molecule has 0 spiro atoms. The maximum absolute atomic E-state index is 12.6. The molecule has 1 amide bonds. The van der Waals surface area contributed by atoms with Crippen molar-refractivity contribution in [3.05, 3.63) is 29.8 Å². The van der Waals surface area contributed by atoms with Crippen molar-refractivity contribution in [1.29, 1.82) is 0 Å². The zero-order chi connectivity index (χ0) is 20.1. The molecule has 4 rings (SSSR count). The van der Waals surface area contributed by atoms with Gasteiger partial charge >= 0.3 is 0 Å². The minimum absolute atomic E-state index is 0.0251. The second kappa shape index (κ2) is 9.15. The zero-order valence-electron chi connectivity index (χ0n) is 17.0. The fourth-order valence-corrected chi connectivity index (χ4v) is 5.56. The van der Waals surface area contributed by atoms with Crippen LogP contribution in [0.15, 0.2) is 29.4 Å². The van der Waals surface area contributed by atoms with Gasteiger partial charge in [-0.3, -0.25) is 4.79 Å². The summed E-state index contributed by atoms with van der Waals surface area (Å²) in [6, 6.07) is 8.58. The van der Waals surface area contributed by atoms with Crippen LogP contribution in [0, 0.1) is 0 Å². The number of nitrogens with zero attached hydrogens (tertiary/aromatic N) is 4. The summed E-state index contributed by atoms with van der Waals surface area (Å²) in [5.74, 6) is 1.26. The van der Waals surface area contributed by atoms with Crippen molar-refractivity contribution in [1.82, 2.24) is 25.5 Å². The molecular formula is C21H29N5O2S. The summed E-state index contributed by atoms with van der Waals surface area (Å²) < 4.78 is 7.51. The Balaban J connectivity index is 1.37. The van der Waals surface area contributed by atoms with Crippen LogP contribution in [-0.4, -0.2) is 45.5 Å². The van der Waals surface area contributed by atoms with E-state index in [0.29, 0.717) is 18.3 Å². The molecule has 2 aromatic rings. The van der Waals surface area contributed by atoms with Crippen LogP contribution in [-0.2, 0) is 10.2 Å². The molecule has 29 heavy (non-hydrogen) atoms. The van der Waals surface area contributed by atoms with Gasteiger partial charge < -0.3 is 10.1 Å². The van der Waals surface area contributed by atoms with Gasteiger partial charge in [-0.05, 0) is 42.2 Å². The molecule has 8 heteroatoms. The first-order valence-electron chi connectivity index (χ1n) is 10.5. The number of thioether (sulfide) groups is 1. The topological polar surface area (TPSA) is 81.9 Å². The number of methoxy groups -OCH3 is 1. The predicted molar refractivity (Wildman–Crippen MR) is 112 cm³/mol. The van der Waals surface area contributed by atoms with Gasteiger partial charge in [-0.2, -0.15) is 0 Å². The van der Waals surface area contributed by atoms with Gasteiger partial charge in [0, 0.05) is 17.5 Å². The van der Waals surface area contributed by atoms with Crippen molar-refractivity contribution in [2.75, 3.05) is 19.4 Å². The molecule has 2 aliphatic rings. The average molecular weight is 416 g/mol. The second-order valence-corrected chi connectivity index (χ2v) is 9.04. The Morgan fingerprint density at radius 1 is 1.24 bits per heavy atom. The highest BCUT2D eigenvalue weighted by Gasteiger charge is 2.38. The maximum atomic E-state index is 12.6. The lowest BCUT2D eigenvalue weighted by molar-refractivity contribution is -0.118. The van der Waals surface area contributed by atoms with Crippen molar-refractivity contribution in [2.24, 2.45) is 0 Å². The van der Waals surface area contributed by atoms with Crippen LogP contribution < -0.4 is 10.1 Å². The van der Waals surface area contributed by atoms with Gasteiger partial charge in [0.15, 0.2) is 0 Å². The molecule has 1 heterocycles. The highest BCUT2D eigenvalue weighted by atomic mass is 32.2. The minimum Gasteiger partial charge on any atom is -0.496 e. The lowest BCUT2D eigenvalue weighted by atomic mass is 9.78. The fraction of sp³-hybridized carbons (Fsp3) is 0.619. The maximum Gasteiger partial charge on any atom is 0.230 e. The summed E-state index contributed by atoms with van der Waals surface area (Å²) in [6.45, 7) is 0.639. The van der Waals surface area contributed by atoms with Gasteiger partial charge in [0.05, 0.1) is 18.9 Å². The molecule has 1 N–H and O–H groups in total. The van der Waals surface area contributed by atoms with Gasteiger partial charge in [0.1, 0.15) is 5.75 Å². The van der Waals surface area contributed by atoms with Gasteiger partial charge in [0.2, 0.25) is 11.1 Å². The van der Waals surface area contributed by atoms with Crippen LogP contribution in [0.2, 0.25) is 0 Å². The Hall–Kier alpha value is -2.09. The van der Waals surface area contributed by atoms with E-state index in [2.05, 4.69) is 33.0 Å². The lowest BCUT2D eigenvalue weighted by Gasteiger charge is -2.31.